The van der Waals surface area contributed by atoms with Crippen LogP contribution in [0.25, 0.3) is 0 Å². The zero-order valence-electron chi connectivity index (χ0n) is 12.1. The number of rotatable bonds is 3. The molecule has 1 fully saturated rings. The first-order chi connectivity index (χ1) is 10.3. The van der Waals surface area contributed by atoms with Crippen LogP contribution >= 0.6 is 0 Å². The summed E-state index contributed by atoms with van der Waals surface area (Å²) in [4.78, 5) is 2.24. The second-order valence-corrected chi connectivity index (χ2v) is 5.14. The first kappa shape index (κ1) is 13.9. The Bertz CT molecular complexity index is 603. The van der Waals surface area contributed by atoms with E-state index in [0.29, 0.717) is 0 Å². The van der Waals surface area contributed by atoms with Crippen molar-refractivity contribution in [1.82, 2.24) is 5.32 Å². The lowest BCUT2D eigenvalue weighted by atomic mass is 10.0. The van der Waals surface area contributed by atoms with Crippen molar-refractivity contribution in [1.29, 1.82) is 0 Å². The minimum atomic E-state index is -0.319. The lowest BCUT2D eigenvalue weighted by Gasteiger charge is -2.38. The Kier molecular flexibility index (Phi) is 4.06. The van der Waals surface area contributed by atoms with E-state index >= 15 is 0 Å². The third kappa shape index (κ3) is 2.85. The van der Waals surface area contributed by atoms with Crippen molar-refractivity contribution in [3.8, 4) is 5.75 Å². The molecule has 21 heavy (non-hydrogen) atoms. The summed E-state index contributed by atoms with van der Waals surface area (Å²) in [6.45, 7) is 2.61. The van der Waals surface area contributed by atoms with E-state index in [1.54, 1.807) is 12.1 Å². The molecule has 1 saturated heterocycles. The number of nitrogens with one attached hydrogen (secondary N) is 1. The molecule has 1 heterocycles. The van der Waals surface area contributed by atoms with Gasteiger partial charge in [-0.1, -0.05) is 30.3 Å². The lowest BCUT2D eigenvalue weighted by Crippen LogP contribution is -2.46. The van der Waals surface area contributed by atoms with E-state index in [9.17, 15) is 4.39 Å². The van der Waals surface area contributed by atoms with Crippen LogP contribution in [0.3, 0.4) is 0 Å². The van der Waals surface area contributed by atoms with Gasteiger partial charge < -0.3 is 15.0 Å². The van der Waals surface area contributed by atoms with Gasteiger partial charge in [0.05, 0.1) is 13.2 Å². The number of anilines is 1. The van der Waals surface area contributed by atoms with Gasteiger partial charge in [0, 0.05) is 31.4 Å². The van der Waals surface area contributed by atoms with Gasteiger partial charge in [-0.15, -0.1) is 0 Å². The van der Waals surface area contributed by atoms with E-state index in [2.05, 4.69) is 22.3 Å². The third-order valence-corrected chi connectivity index (χ3v) is 3.89. The maximum absolute atomic E-state index is 14.0. The van der Waals surface area contributed by atoms with Crippen molar-refractivity contribution < 1.29 is 9.13 Å². The van der Waals surface area contributed by atoms with Crippen molar-refractivity contribution in [2.45, 2.75) is 6.04 Å². The molecule has 1 unspecified atom stereocenters. The maximum Gasteiger partial charge on any atom is 0.167 e. The largest absolute Gasteiger partial charge is 0.494 e. The third-order valence-electron chi connectivity index (χ3n) is 3.89. The SMILES string of the molecule is COc1ccc(N2CCNCC2c2ccccc2)cc1F. The van der Waals surface area contributed by atoms with Gasteiger partial charge in [-0.05, 0) is 17.7 Å². The van der Waals surface area contributed by atoms with Gasteiger partial charge in [-0.3, -0.25) is 0 Å². The standard InChI is InChI=1S/C17H19FN2O/c1-21-17-8-7-14(11-15(17)18)20-10-9-19-12-16(20)13-5-3-2-4-6-13/h2-8,11,16,19H,9-10,12H2,1H3. The number of ether oxygens (including phenoxy) is 1. The maximum atomic E-state index is 14.0. The quantitative estimate of drug-likeness (QED) is 0.939. The van der Waals surface area contributed by atoms with Gasteiger partial charge in [0.15, 0.2) is 11.6 Å². The Labute approximate surface area is 124 Å². The molecule has 0 aromatic heterocycles. The molecule has 2 aromatic carbocycles. The summed E-state index contributed by atoms with van der Waals surface area (Å²) in [7, 11) is 1.48. The molecule has 3 nitrogen and oxygen atoms in total. The average Bonchev–Trinajstić information content (AvgIpc) is 2.55. The molecule has 0 bridgehead atoms. The van der Waals surface area contributed by atoms with Gasteiger partial charge >= 0.3 is 0 Å². The van der Waals surface area contributed by atoms with E-state index in [1.807, 2.05) is 24.3 Å². The number of benzene rings is 2. The van der Waals surface area contributed by atoms with E-state index < -0.39 is 0 Å². The number of halogens is 1. The molecule has 0 aliphatic carbocycles. The lowest BCUT2D eigenvalue weighted by molar-refractivity contribution is 0.386. The number of piperazine rings is 1. The summed E-state index contributed by atoms with van der Waals surface area (Å²) in [5, 5.41) is 3.41. The Morgan fingerprint density at radius 2 is 2.00 bits per heavy atom. The summed E-state index contributed by atoms with van der Waals surface area (Å²) in [5.74, 6) is -0.0366. The first-order valence-corrected chi connectivity index (χ1v) is 7.15. The summed E-state index contributed by atoms with van der Waals surface area (Å²) in [6.07, 6.45) is 0. The second kappa shape index (κ2) is 6.14. The molecule has 1 aliphatic heterocycles. The summed E-state index contributed by atoms with van der Waals surface area (Å²) in [6, 6.07) is 15.7. The van der Waals surface area contributed by atoms with Crippen LogP contribution in [0, 0.1) is 5.82 Å². The van der Waals surface area contributed by atoms with Crippen LogP contribution in [0.1, 0.15) is 11.6 Å². The van der Waals surface area contributed by atoms with Crippen LogP contribution in [0.4, 0.5) is 10.1 Å². The molecule has 0 spiro atoms. The molecular weight excluding hydrogens is 267 g/mol. The predicted octanol–water partition coefficient (Wildman–Crippen LogP) is 2.99. The Morgan fingerprint density at radius 1 is 1.19 bits per heavy atom. The van der Waals surface area contributed by atoms with E-state index in [-0.39, 0.29) is 17.6 Å². The van der Waals surface area contributed by atoms with Crippen molar-refractivity contribution >= 4 is 5.69 Å². The van der Waals surface area contributed by atoms with Crippen molar-refractivity contribution in [3.05, 3.63) is 59.9 Å². The topological polar surface area (TPSA) is 24.5 Å². The molecule has 0 radical (unpaired) electrons. The van der Waals surface area contributed by atoms with Crippen LogP contribution in [-0.4, -0.2) is 26.7 Å². The molecule has 3 rings (SSSR count). The Hall–Kier alpha value is -2.07. The second-order valence-electron chi connectivity index (χ2n) is 5.14. The fourth-order valence-corrected chi connectivity index (χ4v) is 2.82. The van der Waals surface area contributed by atoms with Crippen molar-refractivity contribution in [2.75, 3.05) is 31.6 Å². The monoisotopic (exact) mass is 286 g/mol. The molecule has 1 atom stereocenters. The highest BCUT2D eigenvalue weighted by atomic mass is 19.1. The van der Waals surface area contributed by atoms with Crippen LogP contribution in [0.2, 0.25) is 0 Å². The molecule has 2 aromatic rings. The first-order valence-electron chi connectivity index (χ1n) is 7.15. The highest BCUT2D eigenvalue weighted by Gasteiger charge is 2.24. The van der Waals surface area contributed by atoms with E-state index in [0.717, 1.165) is 25.3 Å². The normalized spacial score (nSPS) is 18.6. The Morgan fingerprint density at radius 3 is 2.71 bits per heavy atom. The van der Waals surface area contributed by atoms with Crippen molar-refractivity contribution in [2.24, 2.45) is 0 Å². The van der Waals surface area contributed by atoms with Gasteiger partial charge in [0.1, 0.15) is 0 Å². The van der Waals surface area contributed by atoms with Crippen LogP contribution < -0.4 is 15.0 Å². The minimum Gasteiger partial charge on any atom is -0.494 e. The molecule has 110 valence electrons. The zero-order chi connectivity index (χ0) is 14.7. The molecule has 0 amide bonds. The molecule has 1 N–H and O–H groups in total. The average molecular weight is 286 g/mol. The predicted molar refractivity (Wildman–Crippen MR) is 82.4 cm³/mol. The number of hydrogen-bond acceptors (Lipinski definition) is 3. The van der Waals surface area contributed by atoms with Crippen LogP contribution in [-0.2, 0) is 0 Å². The number of nitrogens with zero attached hydrogens (tertiary/aromatic N) is 1. The van der Waals surface area contributed by atoms with E-state index in [1.165, 1.54) is 12.7 Å². The van der Waals surface area contributed by atoms with Crippen LogP contribution in [0.5, 0.6) is 5.75 Å². The van der Waals surface area contributed by atoms with Gasteiger partial charge in [0.25, 0.3) is 0 Å². The highest BCUT2D eigenvalue weighted by Crippen LogP contribution is 2.31. The fraction of sp³-hybridized carbons (Fsp3) is 0.294. The molecular formula is C17H19FN2O. The number of hydrogen-bond donors (Lipinski definition) is 1. The minimum absolute atomic E-state index is 0.216. The Balaban J connectivity index is 1.92. The molecule has 0 saturated carbocycles. The molecule has 1 aliphatic rings. The zero-order valence-corrected chi connectivity index (χ0v) is 12.1. The van der Waals surface area contributed by atoms with Gasteiger partial charge in [-0.2, -0.15) is 0 Å². The summed E-state index contributed by atoms with van der Waals surface area (Å²) in [5.41, 5.74) is 2.13. The molecule has 4 heteroatoms. The van der Waals surface area contributed by atoms with E-state index in [4.69, 9.17) is 4.74 Å². The van der Waals surface area contributed by atoms with Gasteiger partial charge in [-0.25, -0.2) is 4.39 Å². The summed E-state index contributed by atoms with van der Waals surface area (Å²) >= 11 is 0. The van der Waals surface area contributed by atoms with Gasteiger partial charge in [0.2, 0.25) is 0 Å². The van der Waals surface area contributed by atoms with Crippen molar-refractivity contribution in [3.63, 3.8) is 0 Å². The number of methoxy groups -OCH3 is 1. The van der Waals surface area contributed by atoms with Crippen LogP contribution in [0.15, 0.2) is 48.5 Å². The smallest absolute Gasteiger partial charge is 0.167 e. The summed E-state index contributed by atoms with van der Waals surface area (Å²) < 4.78 is 19.0. The fourth-order valence-electron chi connectivity index (χ4n) is 2.82. The highest BCUT2D eigenvalue weighted by molar-refractivity contribution is 5.52.